The molecule has 0 saturated carbocycles. The Bertz CT molecular complexity index is 396. The van der Waals surface area contributed by atoms with Crippen LogP contribution in [-0.4, -0.2) is 35.0 Å². The molecule has 0 amide bonds. The Morgan fingerprint density at radius 2 is 2.39 bits per heavy atom. The third-order valence-electron chi connectivity index (χ3n) is 4.03. The Balaban J connectivity index is 2.11. The first-order valence-electron chi connectivity index (χ1n) is 6.34. The van der Waals surface area contributed by atoms with Gasteiger partial charge in [0.2, 0.25) is 0 Å². The minimum atomic E-state index is 0.164. The third kappa shape index (κ3) is 2.96. The maximum Gasteiger partial charge on any atom is 0.0701 e. The summed E-state index contributed by atoms with van der Waals surface area (Å²) in [6, 6.07) is 2.21. The fraction of sp³-hybridized carbons (Fsp3) is 0.692. The van der Waals surface area contributed by atoms with Gasteiger partial charge in [-0.2, -0.15) is 11.8 Å². The molecule has 2 N–H and O–H groups in total. The number of halogens is 1. The van der Waals surface area contributed by atoms with E-state index in [-0.39, 0.29) is 5.54 Å². The summed E-state index contributed by atoms with van der Waals surface area (Å²) in [5, 5.41) is 2.84. The van der Waals surface area contributed by atoms with E-state index in [9.17, 15) is 0 Å². The van der Waals surface area contributed by atoms with Crippen molar-refractivity contribution < 1.29 is 0 Å². The summed E-state index contributed by atoms with van der Waals surface area (Å²) < 4.78 is 1.21. The fourth-order valence-electron chi connectivity index (χ4n) is 2.78. The van der Waals surface area contributed by atoms with E-state index < -0.39 is 0 Å². The molecule has 1 aromatic rings. The van der Waals surface area contributed by atoms with Crippen molar-refractivity contribution in [2.45, 2.75) is 37.1 Å². The maximum atomic E-state index is 6.13. The Labute approximate surface area is 126 Å². The third-order valence-corrected chi connectivity index (χ3v) is 7.05. The van der Waals surface area contributed by atoms with E-state index >= 15 is 0 Å². The van der Waals surface area contributed by atoms with E-state index in [0.717, 1.165) is 13.1 Å². The highest BCUT2D eigenvalue weighted by molar-refractivity contribution is 9.11. The summed E-state index contributed by atoms with van der Waals surface area (Å²) in [6.45, 7) is 4.07. The standard InChI is InChI=1S/C13H21BrN2S2/c1-10-13(9-15,4-3-5-17-10)16(2)7-11-6-12(14)18-8-11/h6,8,10H,3-5,7,9,15H2,1-2H3. The van der Waals surface area contributed by atoms with Gasteiger partial charge in [0.15, 0.2) is 0 Å². The Morgan fingerprint density at radius 1 is 1.61 bits per heavy atom. The predicted molar refractivity (Wildman–Crippen MR) is 86.4 cm³/mol. The van der Waals surface area contributed by atoms with E-state index in [2.05, 4.69) is 58.0 Å². The topological polar surface area (TPSA) is 29.3 Å². The van der Waals surface area contributed by atoms with Crippen molar-refractivity contribution in [3.8, 4) is 0 Å². The molecular weight excluding hydrogens is 328 g/mol. The minimum absolute atomic E-state index is 0.164. The second kappa shape index (κ2) is 6.27. The summed E-state index contributed by atoms with van der Waals surface area (Å²) in [7, 11) is 2.22. The lowest BCUT2D eigenvalue weighted by atomic mass is 9.87. The molecule has 2 heterocycles. The molecule has 2 unspecified atom stereocenters. The van der Waals surface area contributed by atoms with Crippen LogP contribution in [0.25, 0.3) is 0 Å². The molecule has 18 heavy (non-hydrogen) atoms. The van der Waals surface area contributed by atoms with Gasteiger partial charge >= 0.3 is 0 Å². The summed E-state index contributed by atoms with van der Waals surface area (Å²) in [6.07, 6.45) is 2.50. The van der Waals surface area contributed by atoms with Crippen molar-refractivity contribution >= 4 is 39.0 Å². The lowest BCUT2D eigenvalue weighted by Gasteiger charge is -2.48. The van der Waals surface area contributed by atoms with Crippen molar-refractivity contribution in [2.24, 2.45) is 5.73 Å². The largest absolute Gasteiger partial charge is 0.329 e. The van der Waals surface area contributed by atoms with Gasteiger partial charge in [-0.15, -0.1) is 11.3 Å². The highest BCUT2D eigenvalue weighted by atomic mass is 79.9. The molecule has 0 radical (unpaired) electrons. The second-order valence-electron chi connectivity index (χ2n) is 5.04. The normalized spacial score (nSPS) is 28.8. The number of thiophene rings is 1. The van der Waals surface area contributed by atoms with Gasteiger partial charge in [-0.05, 0) is 58.6 Å². The molecule has 1 aromatic heterocycles. The summed E-state index contributed by atoms with van der Waals surface area (Å²) in [4.78, 5) is 2.47. The first-order valence-corrected chi connectivity index (χ1v) is 9.06. The highest BCUT2D eigenvalue weighted by Gasteiger charge is 2.40. The first kappa shape index (κ1) is 14.9. The van der Waals surface area contributed by atoms with Crippen molar-refractivity contribution in [3.05, 3.63) is 20.8 Å². The summed E-state index contributed by atoms with van der Waals surface area (Å²) in [5.74, 6) is 1.28. The maximum absolute atomic E-state index is 6.13. The van der Waals surface area contributed by atoms with Gasteiger partial charge in [0, 0.05) is 23.9 Å². The van der Waals surface area contributed by atoms with Crippen molar-refractivity contribution in [2.75, 3.05) is 19.3 Å². The quantitative estimate of drug-likeness (QED) is 0.901. The van der Waals surface area contributed by atoms with E-state index in [1.54, 1.807) is 11.3 Å². The monoisotopic (exact) mass is 348 g/mol. The molecule has 0 aliphatic carbocycles. The SMILES string of the molecule is CC1SCCCC1(CN)N(C)Cc1csc(Br)c1. The molecule has 2 atom stereocenters. The Kier molecular flexibility index (Phi) is 5.17. The molecule has 1 saturated heterocycles. The van der Waals surface area contributed by atoms with Crippen LogP contribution in [0.4, 0.5) is 0 Å². The zero-order chi connectivity index (χ0) is 13.2. The molecule has 1 aliphatic rings. The molecule has 0 aromatic carbocycles. The number of nitrogens with two attached hydrogens (primary N) is 1. The Hall–Kier alpha value is 0.450. The van der Waals surface area contributed by atoms with Crippen LogP contribution in [0.15, 0.2) is 15.2 Å². The van der Waals surface area contributed by atoms with Crippen LogP contribution >= 0.6 is 39.0 Å². The number of thioether (sulfide) groups is 1. The Morgan fingerprint density at radius 3 is 2.94 bits per heavy atom. The summed E-state index contributed by atoms with van der Waals surface area (Å²) in [5.41, 5.74) is 7.67. The lowest BCUT2D eigenvalue weighted by Crippen LogP contribution is -2.59. The van der Waals surface area contributed by atoms with Crippen molar-refractivity contribution in [1.82, 2.24) is 4.90 Å². The second-order valence-corrected chi connectivity index (χ2v) is 8.78. The predicted octanol–water partition coefficient (Wildman–Crippen LogP) is 3.56. The number of rotatable bonds is 4. The molecule has 102 valence electrons. The molecule has 2 rings (SSSR count). The van der Waals surface area contributed by atoms with E-state index in [0.29, 0.717) is 5.25 Å². The van der Waals surface area contributed by atoms with Crippen LogP contribution in [0.1, 0.15) is 25.3 Å². The molecule has 2 nitrogen and oxygen atoms in total. The molecule has 1 aliphatic heterocycles. The number of hydrogen-bond acceptors (Lipinski definition) is 4. The molecule has 1 fully saturated rings. The van der Waals surface area contributed by atoms with Crippen molar-refractivity contribution in [3.63, 3.8) is 0 Å². The average Bonchev–Trinajstić information content (AvgIpc) is 2.75. The van der Waals surface area contributed by atoms with Gasteiger partial charge in [-0.25, -0.2) is 0 Å². The van der Waals surface area contributed by atoms with Gasteiger partial charge in [-0.1, -0.05) is 6.92 Å². The van der Waals surface area contributed by atoms with Crippen LogP contribution in [0.2, 0.25) is 0 Å². The molecule has 0 spiro atoms. The highest BCUT2D eigenvalue weighted by Crippen LogP contribution is 2.38. The van der Waals surface area contributed by atoms with Crippen LogP contribution in [-0.2, 0) is 6.54 Å². The van der Waals surface area contributed by atoms with Crippen LogP contribution in [0.5, 0.6) is 0 Å². The zero-order valence-electron chi connectivity index (χ0n) is 11.0. The van der Waals surface area contributed by atoms with Crippen molar-refractivity contribution in [1.29, 1.82) is 0 Å². The average molecular weight is 349 g/mol. The molecular formula is C13H21BrN2S2. The van der Waals surface area contributed by atoms with E-state index in [1.165, 1.54) is 27.9 Å². The number of hydrogen-bond donors (Lipinski definition) is 1. The van der Waals surface area contributed by atoms with Crippen LogP contribution in [0.3, 0.4) is 0 Å². The van der Waals surface area contributed by atoms with Gasteiger partial charge in [0.25, 0.3) is 0 Å². The van der Waals surface area contributed by atoms with Gasteiger partial charge in [0.1, 0.15) is 0 Å². The first-order chi connectivity index (χ1) is 8.58. The number of likely N-dealkylation sites (N-methyl/N-ethyl adjacent to an activating group) is 1. The fourth-order valence-corrected chi connectivity index (χ4v) is 5.35. The molecule has 5 heteroatoms. The van der Waals surface area contributed by atoms with Gasteiger partial charge < -0.3 is 5.73 Å². The summed E-state index contributed by atoms with van der Waals surface area (Å²) >= 11 is 7.35. The zero-order valence-corrected chi connectivity index (χ0v) is 14.2. The molecule has 0 bridgehead atoms. The van der Waals surface area contributed by atoms with Gasteiger partial charge in [-0.3, -0.25) is 4.90 Å². The lowest BCUT2D eigenvalue weighted by molar-refractivity contribution is 0.104. The van der Waals surface area contributed by atoms with E-state index in [1.807, 2.05) is 0 Å². The van der Waals surface area contributed by atoms with Gasteiger partial charge in [0.05, 0.1) is 3.79 Å². The minimum Gasteiger partial charge on any atom is -0.329 e. The van der Waals surface area contributed by atoms with E-state index in [4.69, 9.17) is 5.73 Å². The van der Waals surface area contributed by atoms with Crippen LogP contribution in [0, 0.1) is 0 Å². The number of nitrogens with zero attached hydrogens (tertiary/aromatic N) is 1. The van der Waals surface area contributed by atoms with Crippen LogP contribution < -0.4 is 5.73 Å². The smallest absolute Gasteiger partial charge is 0.0701 e.